The second-order valence-corrected chi connectivity index (χ2v) is 4.89. The smallest absolute Gasteiger partial charge is 0.245 e. The summed E-state index contributed by atoms with van der Waals surface area (Å²) in [6.07, 6.45) is 4.11. The number of nitrogens with zero attached hydrogens (tertiary/aromatic N) is 4. The van der Waals surface area contributed by atoms with Crippen LogP contribution in [0.2, 0.25) is 0 Å². The molecule has 0 spiro atoms. The average Bonchev–Trinajstić information content (AvgIpc) is 2.87. The average molecular weight is 249 g/mol. The first-order chi connectivity index (χ1) is 8.78. The molecule has 18 heavy (non-hydrogen) atoms. The van der Waals surface area contributed by atoms with Crippen LogP contribution in [0.3, 0.4) is 0 Å². The van der Waals surface area contributed by atoms with Crippen LogP contribution in [0.5, 0.6) is 0 Å². The van der Waals surface area contributed by atoms with Crippen molar-refractivity contribution in [3.8, 4) is 0 Å². The second kappa shape index (κ2) is 6.09. The lowest BCUT2D eigenvalue weighted by molar-refractivity contribution is 0.545. The second-order valence-electron chi connectivity index (χ2n) is 4.89. The van der Waals surface area contributed by atoms with Crippen LogP contribution in [0, 0.1) is 5.92 Å². The van der Waals surface area contributed by atoms with Crippen molar-refractivity contribution in [1.82, 2.24) is 15.2 Å². The Bertz CT molecular complexity index is 393. The fourth-order valence-electron chi connectivity index (χ4n) is 2.55. The summed E-state index contributed by atoms with van der Waals surface area (Å²) in [5.74, 6) is 1.48. The molecule has 1 aromatic rings. The first kappa shape index (κ1) is 13.2. The number of aryl methyl sites for hydroxylation is 2. The van der Waals surface area contributed by atoms with Crippen LogP contribution in [0.1, 0.15) is 38.1 Å². The molecule has 2 heterocycles. The third-order valence-corrected chi connectivity index (χ3v) is 3.64. The van der Waals surface area contributed by atoms with E-state index in [1.165, 1.54) is 6.42 Å². The number of hydrogen-bond donors (Lipinski definition) is 1. The van der Waals surface area contributed by atoms with Gasteiger partial charge in [-0.15, -0.1) is 5.10 Å². The van der Waals surface area contributed by atoms with Crippen molar-refractivity contribution in [2.75, 3.05) is 24.5 Å². The van der Waals surface area contributed by atoms with Gasteiger partial charge in [0, 0.05) is 13.1 Å². The third-order valence-electron chi connectivity index (χ3n) is 3.64. The van der Waals surface area contributed by atoms with Crippen LogP contribution >= 0.6 is 0 Å². The van der Waals surface area contributed by atoms with Gasteiger partial charge in [0.2, 0.25) is 5.95 Å². The fraction of sp³-hybridized carbons (Fsp3) is 0.769. The highest BCUT2D eigenvalue weighted by molar-refractivity contribution is 5.32. The quantitative estimate of drug-likeness (QED) is 0.848. The summed E-state index contributed by atoms with van der Waals surface area (Å²) < 4.78 is 0. The van der Waals surface area contributed by atoms with Gasteiger partial charge in [-0.25, -0.2) is 4.98 Å². The van der Waals surface area contributed by atoms with E-state index in [-0.39, 0.29) is 0 Å². The molecule has 1 atom stereocenters. The first-order valence-corrected chi connectivity index (χ1v) is 6.95. The summed E-state index contributed by atoms with van der Waals surface area (Å²) in [6.45, 7) is 7.03. The van der Waals surface area contributed by atoms with Gasteiger partial charge in [-0.3, -0.25) is 0 Å². The molecule has 2 rings (SSSR count). The summed E-state index contributed by atoms with van der Waals surface area (Å²) in [5, 5.41) is 8.57. The summed E-state index contributed by atoms with van der Waals surface area (Å²) >= 11 is 0. The summed E-state index contributed by atoms with van der Waals surface area (Å²) in [7, 11) is 0. The molecule has 1 unspecified atom stereocenters. The van der Waals surface area contributed by atoms with Gasteiger partial charge in [0.1, 0.15) is 0 Å². The Hall–Kier alpha value is -1.23. The third kappa shape index (κ3) is 2.77. The largest absolute Gasteiger partial charge is 0.339 e. The normalized spacial score (nSPS) is 19.5. The van der Waals surface area contributed by atoms with Gasteiger partial charge in [0.15, 0.2) is 0 Å². The molecule has 5 nitrogen and oxygen atoms in total. The zero-order valence-electron chi connectivity index (χ0n) is 11.4. The lowest BCUT2D eigenvalue weighted by Gasteiger charge is -2.17. The van der Waals surface area contributed by atoms with Gasteiger partial charge in [-0.1, -0.05) is 13.8 Å². The molecule has 0 aromatic carbocycles. The maximum Gasteiger partial charge on any atom is 0.245 e. The molecule has 5 heteroatoms. The van der Waals surface area contributed by atoms with Crippen LogP contribution in [-0.4, -0.2) is 34.8 Å². The number of hydrogen-bond acceptors (Lipinski definition) is 5. The molecule has 0 radical (unpaired) electrons. The monoisotopic (exact) mass is 249 g/mol. The van der Waals surface area contributed by atoms with Crippen molar-refractivity contribution in [1.29, 1.82) is 0 Å². The highest BCUT2D eigenvalue weighted by Gasteiger charge is 2.24. The van der Waals surface area contributed by atoms with Gasteiger partial charge in [-0.05, 0) is 38.1 Å². The summed E-state index contributed by atoms with van der Waals surface area (Å²) in [4.78, 5) is 6.90. The topological polar surface area (TPSA) is 67.9 Å². The molecular weight excluding hydrogens is 226 g/mol. The first-order valence-electron chi connectivity index (χ1n) is 6.95. The Balaban J connectivity index is 2.10. The van der Waals surface area contributed by atoms with E-state index in [1.807, 2.05) is 0 Å². The Morgan fingerprint density at radius 3 is 2.67 bits per heavy atom. The number of rotatable bonds is 5. The molecule has 0 aliphatic carbocycles. The van der Waals surface area contributed by atoms with E-state index in [2.05, 4.69) is 33.9 Å². The van der Waals surface area contributed by atoms with Crippen molar-refractivity contribution >= 4 is 5.95 Å². The van der Waals surface area contributed by atoms with Crippen molar-refractivity contribution in [3.05, 3.63) is 11.4 Å². The highest BCUT2D eigenvalue weighted by Crippen LogP contribution is 2.22. The molecule has 0 bridgehead atoms. The molecular formula is C13H23N5. The van der Waals surface area contributed by atoms with E-state index in [9.17, 15) is 0 Å². The fourth-order valence-corrected chi connectivity index (χ4v) is 2.55. The predicted molar refractivity (Wildman–Crippen MR) is 72.6 cm³/mol. The standard InChI is InChI=1S/C13H23N5/c1-3-11-12(4-2)16-17-13(15-11)18-8-6-10(9-18)5-7-14/h10H,3-9,14H2,1-2H3. The minimum Gasteiger partial charge on any atom is -0.339 e. The molecule has 0 amide bonds. The molecule has 1 aliphatic heterocycles. The zero-order valence-corrected chi connectivity index (χ0v) is 11.4. The van der Waals surface area contributed by atoms with Crippen molar-refractivity contribution in [3.63, 3.8) is 0 Å². The Morgan fingerprint density at radius 2 is 2.00 bits per heavy atom. The van der Waals surface area contributed by atoms with Gasteiger partial charge >= 0.3 is 0 Å². The van der Waals surface area contributed by atoms with E-state index in [1.54, 1.807) is 0 Å². The molecule has 1 saturated heterocycles. The number of aromatic nitrogens is 3. The lowest BCUT2D eigenvalue weighted by Crippen LogP contribution is -2.24. The molecule has 1 fully saturated rings. The van der Waals surface area contributed by atoms with Crippen LogP contribution in [0.15, 0.2) is 0 Å². The Morgan fingerprint density at radius 1 is 1.22 bits per heavy atom. The van der Waals surface area contributed by atoms with Crippen molar-refractivity contribution in [2.45, 2.75) is 39.5 Å². The van der Waals surface area contributed by atoms with E-state index >= 15 is 0 Å². The van der Waals surface area contributed by atoms with Crippen LogP contribution in [0.4, 0.5) is 5.95 Å². The maximum atomic E-state index is 5.61. The zero-order chi connectivity index (χ0) is 13.0. The van der Waals surface area contributed by atoms with E-state index in [0.717, 1.165) is 56.2 Å². The van der Waals surface area contributed by atoms with E-state index in [4.69, 9.17) is 5.73 Å². The van der Waals surface area contributed by atoms with Gasteiger partial charge in [0.25, 0.3) is 0 Å². The van der Waals surface area contributed by atoms with Crippen LogP contribution in [-0.2, 0) is 12.8 Å². The SMILES string of the molecule is CCc1nnc(N2CCC(CCN)C2)nc1CC. The minimum atomic E-state index is 0.689. The highest BCUT2D eigenvalue weighted by atomic mass is 15.3. The summed E-state index contributed by atoms with van der Waals surface area (Å²) in [6, 6.07) is 0. The Kier molecular flexibility index (Phi) is 4.47. The minimum absolute atomic E-state index is 0.689. The maximum absolute atomic E-state index is 5.61. The lowest BCUT2D eigenvalue weighted by atomic mass is 10.1. The van der Waals surface area contributed by atoms with Gasteiger partial charge in [0.05, 0.1) is 11.4 Å². The van der Waals surface area contributed by atoms with Crippen LogP contribution < -0.4 is 10.6 Å². The summed E-state index contributed by atoms with van der Waals surface area (Å²) in [5.41, 5.74) is 7.73. The molecule has 2 N–H and O–H groups in total. The Labute approximate surface area is 109 Å². The molecule has 100 valence electrons. The van der Waals surface area contributed by atoms with E-state index < -0.39 is 0 Å². The van der Waals surface area contributed by atoms with Gasteiger partial charge < -0.3 is 10.6 Å². The van der Waals surface area contributed by atoms with Crippen LogP contribution in [0.25, 0.3) is 0 Å². The predicted octanol–water partition coefficient (Wildman–Crippen LogP) is 1.17. The van der Waals surface area contributed by atoms with Gasteiger partial charge in [-0.2, -0.15) is 5.10 Å². The number of nitrogens with two attached hydrogens (primary N) is 1. The van der Waals surface area contributed by atoms with E-state index in [0.29, 0.717) is 5.92 Å². The van der Waals surface area contributed by atoms with Crippen molar-refractivity contribution < 1.29 is 0 Å². The molecule has 1 aromatic heterocycles. The molecule has 1 aliphatic rings. The molecule has 0 saturated carbocycles. The van der Waals surface area contributed by atoms with Crippen molar-refractivity contribution in [2.24, 2.45) is 11.7 Å². The number of anilines is 1.